The maximum absolute atomic E-state index is 3.95. The second-order valence-corrected chi connectivity index (χ2v) is 3.82. The molecule has 3 heteroatoms. The van der Waals surface area contributed by atoms with E-state index in [1.807, 2.05) is 6.07 Å². The zero-order chi connectivity index (χ0) is 10.4. The van der Waals surface area contributed by atoms with Crippen molar-refractivity contribution in [3.63, 3.8) is 0 Å². The molecule has 1 heterocycles. The molecule has 1 atom stereocenters. The number of hydrogen-bond acceptors (Lipinski definition) is 2. The summed E-state index contributed by atoms with van der Waals surface area (Å²) in [5.41, 5.74) is 1.16. The van der Waals surface area contributed by atoms with E-state index in [4.69, 9.17) is 0 Å². The Kier molecular flexibility index (Phi) is 4.66. The Balaban J connectivity index is 2.31. The lowest BCUT2D eigenvalue weighted by Crippen LogP contribution is -2.25. The number of aromatic amines is 1. The highest BCUT2D eigenvalue weighted by atomic mass is 15.1. The Labute approximate surface area is 86.3 Å². The first-order valence-electron chi connectivity index (χ1n) is 5.50. The fourth-order valence-corrected chi connectivity index (χ4v) is 1.54. The number of H-pyrrole nitrogens is 1. The summed E-state index contributed by atoms with van der Waals surface area (Å²) in [5.74, 6) is 0.792. The van der Waals surface area contributed by atoms with Crippen LogP contribution >= 0.6 is 0 Å². The maximum atomic E-state index is 3.95. The summed E-state index contributed by atoms with van der Waals surface area (Å²) >= 11 is 0. The van der Waals surface area contributed by atoms with E-state index in [1.54, 1.807) is 6.20 Å². The number of aromatic nitrogens is 2. The average molecular weight is 195 g/mol. The van der Waals surface area contributed by atoms with E-state index in [2.05, 4.69) is 36.3 Å². The first kappa shape index (κ1) is 11.2. The van der Waals surface area contributed by atoms with E-state index < -0.39 is 0 Å². The zero-order valence-corrected chi connectivity index (χ0v) is 9.38. The molecule has 0 amide bonds. The van der Waals surface area contributed by atoms with Crippen molar-refractivity contribution < 1.29 is 0 Å². The van der Waals surface area contributed by atoms with Gasteiger partial charge in [0.05, 0.1) is 5.69 Å². The van der Waals surface area contributed by atoms with Gasteiger partial charge in [0.25, 0.3) is 0 Å². The average Bonchev–Trinajstić information content (AvgIpc) is 2.72. The second-order valence-electron chi connectivity index (χ2n) is 3.82. The Hall–Kier alpha value is -0.830. The van der Waals surface area contributed by atoms with Crippen molar-refractivity contribution in [3.8, 4) is 0 Å². The second kappa shape index (κ2) is 5.81. The fraction of sp³-hybridized carbons (Fsp3) is 0.727. The highest BCUT2D eigenvalue weighted by Crippen LogP contribution is 2.11. The van der Waals surface area contributed by atoms with Crippen molar-refractivity contribution in [2.45, 2.75) is 39.7 Å². The first-order valence-corrected chi connectivity index (χ1v) is 5.50. The number of rotatable bonds is 6. The van der Waals surface area contributed by atoms with Crippen LogP contribution in [0.4, 0.5) is 0 Å². The van der Waals surface area contributed by atoms with E-state index in [0.29, 0.717) is 6.04 Å². The van der Waals surface area contributed by atoms with Gasteiger partial charge in [0.15, 0.2) is 0 Å². The van der Waals surface area contributed by atoms with Crippen LogP contribution in [0.15, 0.2) is 12.3 Å². The molecule has 0 aliphatic rings. The van der Waals surface area contributed by atoms with Crippen LogP contribution in [-0.4, -0.2) is 16.7 Å². The SMILES string of the molecule is CCC(CC)CNC(C)c1ccn[nH]1. The van der Waals surface area contributed by atoms with Gasteiger partial charge in [-0.3, -0.25) is 5.10 Å². The van der Waals surface area contributed by atoms with Crippen LogP contribution in [-0.2, 0) is 0 Å². The third-order valence-corrected chi connectivity index (χ3v) is 2.86. The smallest absolute Gasteiger partial charge is 0.0518 e. The van der Waals surface area contributed by atoms with Crippen LogP contribution in [0.3, 0.4) is 0 Å². The number of nitrogens with one attached hydrogen (secondary N) is 2. The van der Waals surface area contributed by atoms with Gasteiger partial charge in [0, 0.05) is 12.2 Å². The zero-order valence-electron chi connectivity index (χ0n) is 9.38. The summed E-state index contributed by atoms with van der Waals surface area (Å²) in [5, 5.41) is 10.4. The Morgan fingerprint density at radius 1 is 1.43 bits per heavy atom. The van der Waals surface area contributed by atoms with Crippen LogP contribution in [0, 0.1) is 5.92 Å². The molecular weight excluding hydrogens is 174 g/mol. The maximum Gasteiger partial charge on any atom is 0.0518 e. The molecule has 1 aromatic rings. The van der Waals surface area contributed by atoms with Gasteiger partial charge in [-0.2, -0.15) is 5.10 Å². The Morgan fingerprint density at radius 3 is 2.64 bits per heavy atom. The van der Waals surface area contributed by atoms with Crippen molar-refractivity contribution >= 4 is 0 Å². The van der Waals surface area contributed by atoms with E-state index in [1.165, 1.54) is 12.8 Å². The minimum absolute atomic E-state index is 0.373. The van der Waals surface area contributed by atoms with Crippen molar-refractivity contribution in [2.75, 3.05) is 6.54 Å². The van der Waals surface area contributed by atoms with E-state index in [9.17, 15) is 0 Å². The van der Waals surface area contributed by atoms with Crippen LogP contribution in [0.25, 0.3) is 0 Å². The third-order valence-electron chi connectivity index (χ3n) is 2.86. The molecular formula is C11H21N3. The normalized spacial score (nSPS) is 13.4. The third kappa shape index (κ3) is 3.14. The molecule has 1 unspecified atom stereocenters. The summed E-state index contributed by atoms with van der Waals surface area (Å²) in [6.45, 7) is 7.75. The van der Waals surface area contributed by atoms with Crippen molar-refractivity contribution in [3.05, 3.63) is 18.0 Å². The summed E-state index contributed by atoms with van der Waals surface area (Å²) < 4.78 is 0. The van der Waals surface area contributed by atoms with Crippen molar-refractivity contribution in [1.29, 1.82) is 0 Å². The van der Waals surface area contributed by atoms with Gasteiger partial charge < -0.3 is 5.32 Å². The molecule has 80 valence electrons. The van der Waals surface area contributed by atoms with Gasteiger partial charge in [0.1, 0.15) is 0 Å². The molecule has 14 heavy (non-hydrogen) atoms. The molecule has 0 aliphatic heterocycles. The lowest BCUT2D eigenvalue weighted by molar-refractivity contribution is 0.419. The lowest BCUT2D eigenvalue weighted by atomic mass is 10.0. The van der Waals surface area contributed by atoms with Crippen molar-refractivity contribution in [2.24, 2.45) is 5.92 Å². The molecule has 0 aliphatic carbocycles. The monoisotopic (exact) mass is 195 g/mol. The molecule has 3 nitrogen and oxygen atoms in total. The quantitative estimate of drug-likeness (QED) is 0.732. The standard InChI is InChI=1S/C11H21N3/c1-4-10(5-2)8-12-9(3)11-6-7-13-14-11/h6-7,9-10,12H,4-5,8H2,1-3H3,(H,13,14). The van der Waals surface area contributed by atoms with Crippen LogP contribution < -0.4 is 5.32 Å². The largest absolute Gasteiger partial charge is 0.309 e. The van der Waals surface area contributed by atoms with Crippen LogP contribution in [0.5, 0.6) is 0 Å². The summed E-state index contributed by atoms with van der Waals surface area (Å²) in [6, 6.07) is 2.39. The summed E-state index contributed by atoms with van der Waals surface area (Å²) in [7, 11) is 0. The number of hydrogen-bond donors (Lipinski definition) is 2. The first-order chi connectivity index (χ1) is 6.77. The van der Waals surface area contributed by atoms with E-state index >= 15 is 0 Å². The summed E-state index contributed by atoms with van der Waals surface area (Å²) in [6.07, 6.45) is 4.29. The molecule has 0 saturated carbocycles. The lowest BCUT2D eigenvalue weighted by Gasteiger charge is -2.17. The molecule has 0 aromatic carbocycles. The Bertz CT molecular complexity index is 227. The Morgan fingerprint density at radius 2 is 2.14 bits per heavy atom. The molecule has 0 radical (unpaired) electrons. The van der Waals surface area contributed by atoms with Crippen molar-refractivity contribution in [1.82, 2.24) is 15.5 Å². The molecule has 2 N–H and O–H groups in total. The summed E-state index contributed by atoms with van der Waals surface area (Å²) in [4.78, 5) is 0. The fourth-order valence-electron chi connectivity index (χ4n) is 1.54. The minimum Gasteiger partial charge on any atom is -0.309 e. The van der Waals surface area contributed by atoms with E-state index in [-0.39, 0.29) is 0 Å². The van der Waals surface area contributed by atoms with Crippen LogP contribution in [0.2, 0.25) is 0 Å². The predicted molar refractivity (Wildman–Crippen MR) is 59.1 cm³/mol. The highest BCUT2D eigenvalue weighted by Gasteiger charge is 2.08. The van der Waals surface area contributed by atoms with Gasteiger partial charge in [-0.15, -0.1) is 0 Å². The molecule has 1 rings (SSSR count). The van der Waals surface area contributed by atoms with Crippen LogP contribution in [0.1, 0.15) is 45.3 Å². The minimum atomic E-state index is 0.373. The molecule has 0 saturated heterocycles. The molecule has 0 fully saturated rings. The predicted octanol–water partition coefficient (Wildman–Crippen LogP) is 2.50. The van der Waals surface area contributed by atoms with Gasteiger partial charge in [0.2, 0.25) is 0 Å². The highest BCUT2D eigenvalue weighted by molar-refractivity contribution is 5.02. The van der Waals surface area contributed by atoms with Gasteiger partial charge in [-0.05, 0) is 25.5 Å². The number of nitrogens with zero attached hydrogens (tertiary/aromatic N) is 1. The van der Waals surface area contributed by atoms with Gasteiger partial charge in [-0.1, -0.05) is 26.7 Å². The molecule has 0 bridgehead atoms. The molecule has 1 aromatic heterocycles. The van der Waals surface area contributed by atoms with Gasteiger partial charge in [-0.25, -0.2) is 0 Å². The molecule has 0 spiro atoms. The topological polar surface area (TPSA) is 40.7 Å². The van der Waals surface area contributed by atoms with E-state index in [0.717, 1.165) is 18.2 Å². The van der Waals surface area contributed by atoms with Gasteiger partial charge >= 0.3 is 0 Å².